The lowest BCUT2D eigenvalue weighted by Crippen LogP contribution is -2.38. The fourth-order valence-electron chi connectivity index (χ4n) is 3.85. The van der Waals surface area contributed by atoms with Gasteiger partial charge in [-0.05, 0) is 48.4 Å². The molecule has 0 aliphatic carbocycles. The van der Waals surface area contributed by atoms with Crippen LogP contribution >= 0.6 is 0 Å². The van der Waals surface area contributed by atoms with Crippen LogP contribution in [0, 0.1) is 5.41 Å². The van der Waals surface area contributed by atoms with Crippen molar-refractivity contribution in [2.75, 3.05) is 29.5 Å². The number of carbonyl (C=O) groups is 1. The molecule has 6 N–H and O–H groups in total. The number of anilines is 4. The number of hydrogen-bond donors (Lipinski definition) is 5. The molecular weight excluding hydrogens is 430 g/mol. The molecule has 4 heterocycles. The van der Waals surface area contributed by atoms with Crippen LogP contribution in [0.25, 0.3) is 16.6 Å². The molecule has 0 saturated heterocycles. The van der Waals surface area contributed by atoms with Gasteiger partial charge in [-0.25, -0.2) is 19.7 Å². The third kappa shape index (κ3) is 4.29. The predicted molar refractivity (Wildman–Crippen MR) is 133 cm³/mol. The number of fused-ring (bicyclic) bond motifs is 1. The summed E-state index contributed by atoms with van der Waals surface area (Å²) >= 11 is 0. The number of nitrogens with two attached hydrogens (primary N) is 1. The summed E-state index contributed by atoms with van der Waals surface area (Å²) in [5.74, 6) is 1.19. The molecule has 1 aliphatic heterocycles. The minimum Gasteiger partial charge on any atom is -0.398 e. The Morgan fingerprint density at radius 3 is 2.85 bits per heavy atom. The van der Waals surface area contributed by atoms with Crippen LogP contribution in [0.3, 0.4) is 0 Å². The molecule has 0 spiro atoms. The van der Waals surface area contributed by atoms with Crippen LogP contribution in [0.1, 0.15) is 17.7 Å². The number of hydrogen-bond acceptors (Lipinski definition) is 7. The molecule has 1 aliphatic rings. The molecule has 0 bridgehead atoms. The lowest BCUT2D eigenvalue weighted by molar-refractivity contribution is 0.217. The quantitative estimate of drug-likeness (QED) is 0.228. The van der Waals surface area contributed by atoms with E-state index >= 15 is 0 Å². The molecular formula is C24H23N9O. The van der Waals surface area contributed by atoms with E-state index in [4.69, 9.17) is 11.1 Å². The Kier molecular flexibility index (Phi) is 5.61. The minimum atomic E-state index is -0.171. The van der Waals surface area contributed by atoms with E-state index in [0.29, 0.717) is 48.0 Å². The number of pyridine rings is 1. The van der Waals surface area contributed by atoms with Crippen molar-refractivity contribution in [3.63, 3.8) is 0 Å². The third-order valence-electron chi connectivity index (χ3n) is 5.67. The number of nitrogens with zero attached hydrogens (tertiary/aromatic N) is 4. The topological polar surface area (TPSA) is 149 Å². The van der Waals surface area contributed by atoms with Gasteiger partial charge in [-0.1, -0.05) is 12.1 Å². The molecule has 1 aromatic carbocycles. The minimum absolute atomic E-state index is 0.171. The van der Waals surface area contributed by atoms with Gasteiger partial charge in [0, 0.05) is 48.1 Å². The number of nitrogens with one attached hydrogen (secondary N) is 4. The zero-order valence-electron chi connectivity index (χ0n) is 18.2. The van der Waals surface area contributed by atoms with Crippen molar-refractivity contribution in [2.24, 2.45) is 0 Å². The smallest absolute Gasteiger partial charge is 0.323 e. The molecule has 34 heavy (non-hydrogen) atoms. The maximum absolute atomic E-state index is 12.5. The fourth-order valence-corrected chi connectivity index (χ4v) is 3.85. The molecule has 0 radical (unpaired) electrons. The first kappa shape index (κ1) is 21.1. The van der Waals surface area contributed by atoms with Gasteiger partial charge in [-0.3, -0.25) is 5.32 Å². The van der Waals surface area contributed by atoms with Crippen molar-refractivity contribution < 1.29 is 4.79 Å². The van der Waals surface area contributed by atoms with Crippen LogP contribution < -0.4 is 16.4 Å². The summed E-state index contributed by atoms with van der Waals surface area (Å²) in [6.45, 7) is 1.09. The number of carbonyl (C=O) groups excluding carboxylic acids is 1. The molecule has 0 atom stereocenters. The summed E-state index contributed by atoms with van der Waals surface area (Å²) in [7, 11) is 0. The van der Waals surface area contributed by atoms with Crippen molar-refractivity contribution in [3.8, 4) is 0 Å². The molecule has 4 aromatic rings. The molecule has 10 heteroatoms. The molecule has 0 fully saturated rings. The monoisotopic (exact) mass is 453 g/mol. The van der Waals surface area contributed by atoms with E-state index < -0.39 is 0 Å². The highest BCUT2D eigenvalue weighted by Gasteiger charge is 2.20. The van der Waals surface area contributed by atoms with E-state index in [1.165, 1.54) is 12.5 Å². The highest BCUT2D eigenvalue weighted by atomic mass is 16.2. The molecule has 10 nitrogen and oxygen atoms in total. The second-order valence-corrected chi connectivity index (χ2v) is 7.85. The maximum Gasteiger partial charge on any atom is 0.323 e. The van der Waals surface area contributed by atoms with Gasteiger partial charge in [0.2, 0.25) is 0 Å². The van der Waals surface area contributed by atoms with Crippen molar-refractivity contribution in [1.82, 2.24) is 24.8 Å². The molecule has 0 unspecified atom stereocenters. The molecule has 0 saturated carbocycles. The van der Waals surface area contributed by atoms with Gasteiger partial charge >= 0.3 is 6.03 Å². The number of rotatable bonds is 5. The van der Waals surface area contributed by atoms with E-state index in [1.54, 1.807) is 35.4 Å². The van der Waals surface area contributed by atoms with E-state index in [-0.39, 0.29) is 6.03 Å². The summed E-state index contributed by atoms with van der Waals surface area (Å²) in [4.78, 5) is 30.5. The average molecular weight is 454 g/mol. The van der Waals surface area contributed by atoms with Crippen LogP contribution in [-0.4, -0.2) is 50.2 Å². The predicted octanol–water partition coefficient (Wildman–Crippen LogP) is 4.00. The van der Waals surface area contributed by atoms with Crippen LogP contribution in [0.2, 0.25) is 0 Å². The Bertz CT molecular complexity index is 1390. The lowest BCUT2D eigenvalue weighted by atomic mass is 10.1. The summed E-state index contributed by atoms with van der Waals surface area (Å²) < 4.78 is 0. The van der Waals surface area contributed by atoms with Gasteiger partial charge in [0.15, 0.2) is 0 Å². The van der Waals surface area contributed by atoms with E-state index in [0.717, 1.165) is 22.3 Å². The summed E-state index contributed by atoms with van der Waals surface area (Å²) in [5.41, 5.74) is 10.6. The Labute approximate surface area is 195 Å². The Morgan fingerprint density at radius 1 is 1.18 bits per heavy atom. The summed E-state index contributed by atoms with van der Waals surface area (Å²) in [6.07, 6.45) is 7.12. The van der Waals surface area contributed by atoms with Gasteiger partial charge in [-0.15, -0.1) is 0 Å². The zero-order valence-corrected chi connectivity index (χ0v) is 18.2. The average Bonchev–Trinajstić information content (AvgIpc) is 3.31. The number of H-pyrrole nitrogens is 1. The summed E-state index contributed by atoms with van der Waals surface area (Å²) in [5, 5.41) is 14.5. The summed E-state index contributed by atoms with van der Waals surface area (Å²) in [6, 6.07) is 12.6. The van der Waals surface area contributed by atoms with Gasteiger partial charge < -0.3 is 26.3 Å². The van der Waals surface area contributed by atoms with Crippen molar-refractivity contribution >= 4 is 51.9 Å². The van der Waals surface area contributed by atoms with Crippen LogP contribution in [0.5, 0.6) is 0 Å². The second-order valence-electron chi connectivity index (χ2n) is 7.85. The van der Waals surface area contributed by atoms with Gasteiger partial charge in [0.05, 0.1) is 5.39 Å². The number of amides is 2. The first-order valence-corrected chi connectivity index (χ1v) is 10.8. The van der Waals surface area contributed by atoms with Gasteiger partial charge in [0.1, 0.15) is 23.6 Å². The number of nitrogen functional groups attached to an aromatic ring is 1. The standard InChI is InChI=1S/C24H23N9O/c25-13-16-11-17(4-5-19(16)26)30-22-18-12-20(31-23(18)29-14-28-22)15-6-9-33(10-7-15)24(34)32-21-3-1-2-8-27-21/h1-6,8,11-14,25H,7,9-10,26H2,(H,27,32,34)(H2,28,29,30,31). The first-order valence-electron chi connectivity index (χ1n) is 10.8. The third-order valence-corrected chi connectivity index (χ3v) is 5.67. The van der Waals surface area contributed by atoms with Gasteiger partial charge in [-0.2, -0.15) is 0 Å². The zero-order chi connectivity index (χ0) is 23.5. The molecule has 5 rings (SSSR count). The first-order chi connectivity index (χ1) is 16.6. The number of aromatic amines is 1. The number of aromatic nitrogens is 4. The molecule has 3 aromatic heterocycles. The second kappa shape index (κ2) is 9.02. The van der Waals surface area contributed by atoms with Crippen molar-refractivity contribution in [3.05, 3.63) is 72.3 Å². The lowest BCUT2D eigenvalue weighted by Gasteiger charge is -2.26. The Morgan fingerprint density at radius 2 is 2.09 bits per heavy atom. The van der Waals surface area contributed by atoms with Gasteiger partial charge in [0.25, 0.3) is 0 Å². The molecule has 170 valence electrons. The van der Waals surface area contributed by atoms with Crippen LogP contribution in [0.4, 0.5) is 27.8 Å². The Hall–Kier alpha value is -4.73. The number of urea groups is 1. The van der Waals surface area contributed by atoms with Crippen molar-refractivity contribution in [1.29, 1.82) is 5.41 Å². The van der Waals surface area contributed by atoms with Crippen LogP contribution in [0.15, 0.2) is 61.1 Å². The van der Waals surface area contributed by atoms with E-state index in [9.17, 15) is 4.79 Å². The Balaban J connectivity index is 1.33. The number of benzene rings is 1. The largest absolute Gasteiger partial charge is 0.398 e. The highest BCUT2D eigenvalue weighted by Crippen LogP contribution is 2.29. The SMILES string of the molecule is N=Cc1cc(Nc2ncnc3[nH]c(C4=CCN(C(=O)Nc5ccccn5)CC4)cc23)ccc1N. The van der Waals surface area contributed by atoms with Crippen LogP contribution in [-0.2, 0) is 0 Å². The molecule has 2 amide bonds. The van der Waals surface area contributed by atoms with E-state index in [1.807, 2.05) is 24.3 Å². The fraction of sp³-hybridized carbons (Fsp3) is 0.125. The van der Waals surface area contributed by atoms with Crippen molar-refractivity contribution in [2.45, 2.75) is 6.42 Å². The maximum atomic E-state index is 12.5. The highest BCUT2D eigenvalue weighted by molar-refractivity contribution is 5.94. The normalized spacial score (nSPS) is 13.4. The van der Waals surface area contributed by atoms with E-state index in [2.05, 4.69) is 30.6 Å².